The molecule has 3 rings (SSSR count). The molecule has 0 fully saturated rings. The number of nitrogens with one attached hydrogen (secondary N) is 1. The predicted molar refractivity (Wildman–Crippen MR) is 108 cm³/mol. The third-order valence-corrected chi connectivity index (χ3v) is 5.32. The molecule has 0 saturated carbocycles. The number of amides is 1. The molecule has 1 unspecified atom stereocenters. The van der Waals surface area contributed by atoms with Gasteiger partial charge in [-0.2, -0.15) is 0 Å². The van der Waals surface area contributed by atoms with E-state index in [1.165, 1.54) is 5.56 Å². The fourth-order valence-corrected chi connectivity index (χ4v) is 3.59. The number of hydrogen-bond donors (Lipinski definition) is 1. The SMILES string of the molecule is Cc1ccccc1-c1nc(CNC(=O)C(C)Oc2ccc(Br)cc2)cs1. The molecule has 134 valence electrons. The molecule has 0 aliphatic rings. The normalized spacial score (nSPS) is 11.8. The summed E-state index contributed by atoms with van der Waals surface area (Å²) in [5, 5.41) is 5.82. The van der Waals surface area contributed by atoms with E-state index in [4.69, 9.17) is 4.74 Å². The van der Waals surface area contributed by atoms with Crippen LogP contribution in [0.4, 0.5) is 0 Å². The molecule has 0 bridgehead atoms. The van der Waals surface area contributed by atoms with Gasteiger partial charge in [-0.25, -0.2) is 4.98 Å². The topological polar surface area (TPSA) is 51.2 Å². The number of aryl methyl sites for hydroxylation is 1. The van der Waals surface area contributed by atoms with Crippen molar-refractivity contribution in [1.82, 2.24) is 10.3 Å². The number of benzene rings is 2. The van der Waals surface area contributed by atoms with Crippen molar-refractivity contribution >= 4 is 33.2 Å². The van der Waals surface area contributed by atoms with Gasteiger partial charge in [0.1, 0.15) is 10.8 Å². The molecule has 0 aliphatic heterocycles. The van der Waals surface area contributed by atoms with E-state index in [0.29, 0.717) is 12.3 Å². The van der Waals surface area contributed by atoms with Crippen LogP contribution in [-0.2, 0) is 11.3 Å². The van der Waals surface area contributed by atoms with Crippen LogP contribution in [0.5, 0.6) is 5.75 Å². The minimum atomic E-state index is -0.578. The van der Waals surface area contributed by atoms with Crippen LogP contribution in [0.3, 0.4) is 0 Å². The van der Waals surface area contributed by atoms with Gasteiger partial charge in [0.25, 0.3) is 5.91 Å². The van der Waals surface area contributed by atoms with E-state index >= 15 is 0 Å². The van der Waals surface area contributed by atoms with Gasteiger partial charge in [-0.3, -0.25) is 4.79 Å². The van der Waals surface area contributed by atoms with Gasteiger partial charge in [0.2, 0.25) is 0 Å². The molecule has 0 spiro atoms. The Hall–Kier alpha value is -2.18. The Morgan fingerprint density at radius 2 is 1.96 bits per heavy atom. The molecule has 1 aromatic heterocycles. The first-order valence-electron chi connectivity index (χ1n) is 8.23. The average Bonchev–Trinajstić information content (AvgIpc) is 3.10. The minimum Gasteiger partial charge on any atom is -0.481 e. The maximum atomic E-state index is 12.2. The standard InChI is InChI=1S/C20H19BrN2O2S/c1-13-5-3-4-6-18(13)20-23-16(12-26-20)11-22-19(24)14(2)25-17-9-7-15(21)8-10-17/h3-10,12,14H,11H2,1-2H3,(H,22,24). The number of rotatable bonds is 6. The van der Waals surface area contributed by atoms with Crippen molar-refractivity contribution < 1.29 is 9.53 Å². The number of ether oxygens (including phenoxy) is 1. The second-order valence-corrected chi connectivity index (χ2v) is 7.66. The summed E-state index contributed by atoms with van der Waals surface area (Å²) in [5.74, 6) is 0.490. The Bertz CT molecular complexity index is 893. The number of aromatic nitrogens is 1. The zero-order valence-electron chi connectivity index (χ0n) is 14.5. The lowest BCUT2D eigenvalue weighted by molar-refractivity contribution is -0.127. The number of carbonyl (C=O) groups excluding carboxylic acids is 1. The first-order chi connectivity index (χ1) is 12.5. The van der Waals surface area contributed by atoms with Gasteiger partial charge < -0.3 is 10.1 Å². The van der Waals surface area contributed by atoms with E-state index < -0.39 is 6.10 Å². The van der Waals surface area contributed by atoms with Crippen LogP contribution in [0.25, 0.3) is 10.6 Å². The molecule has 0 radical (unpaired) electrons. The monoisotopic (exact) mass is 430 g/mol. The summed E-state index contributed by atoms with van der Waals surface area (Å²) in [5.41, 5.74) is 3.16. The van der Waals surface area contributed by atoms with Gasteiger partial charge in [-0.05, 0) is 43.7 Å². The zero-order chi connectivity index (χ0) is 18.5. The lowest BCUT2D eigenvalue weighted by Gasteiger charge is -2.14. The molecule has 1 heterocycles. The van der Waals surface area contributed by atoms with Crippen molar-refractivity contribution in [2.24, 2.45) is 0 Å². The van der Waals surface area contributed by atoms with Crippen molar-refractivity contribution in [3.05, 3.63) is 69.6 Å². The Morgan fingerprint density at radius 3 is 2.69 bits per heavy atom. The van der Waals surface area contributed by atoms with Gasteiger partial charge in [0.05, 0.1) is 12.2 Å². The van der Waals surface area contributed by atoms with E-state index in [0.717, 1.165) is 20.7 Å². The van der Waals surface area contributed by atoms with Crippen LogP contribution in [0.1, 0.15) is 18.2 Å². The second kappa shape index (κ2) is 8.47. The van der Waals surface area contributed by atoms with Crippen LogP contribution in [-0.4, -0.2) is 17.0 Å². The maximum absolute atomic E-state index is 12.2. The van der Waals surface area contributed by atoms with Gasteiger partial charge >= 0.3 is 0 Å². The number of thiazole rings is 1. The van der Waals surface area contributed by atoms with Crippen molar-refractivity contribution in [3.63, 3.8) is 0 Å². The fourth-order valence-electron chi connectivity index (χ4n) is 2.42. The summed E-state index contributed by atoms with van der Waals surface area (Å²) < 4.78 is 6.63. The molecule has 1 N–H and O–H groups in total. The molecule has 6 heteroatoms. The van der Waals surface area contributed by atoms with Gasteiger partial charge in [0.15, 0.2) is 6.10 Å². The average molecular weight is 431 g/mol. The highest BCUT2D eigenvalue weighted by molar-refractivity contribution is 9.10. The van der Waals surface area contributed by atoms with E-state index in [1.54, 1.807) is 18.3 Å². The lowest BCUT2D eigenvalue weighted by atomic mass is 10.1. The Labute approximate surface area is 165 Å². The molecule has 2 aromatic carbocycles. The molecule has 4 nitrogen and oxygen atoms in total. The Morgan fingerprint density at radius 1 is 1.23 bits per heavy atom. The lowest BCUT2D eigenvalue weighted by Crippen LogP contribution is -2.35. The maximum Gasteiger partial charge on any atom is 0.261 e. The van der Waals surface area contributed by atoms with Gasteiger partial charge in [-0.15, -0.1) is 11.3 Å². The molecule has 26 heavy (non-hydrogen) atoms. The molecule has 1 amide bonds. The first kappa shape index (κ1) is 18.6. The fraction of sp³-hybridized carbons (Fsp3) is 0.200. The van der Waals surface area contributed by atoms with Crippen molar-refractivity contribution in [2.75, 3.05) is 0 Å². The van der Waals surface area contributed by atoms with Crippen molar-refractivity contribution in [3.8, 4) is 16.3 Å². The van der Waals surface area contributed by atoms with E-state index in [1.807, 2.05) is 41.8 Å². The van der Waals surface area contributed by atoms with Crippen LogP contribution in [0, 0.1) is 6.92 Å². The molecule has 0 aliphatic carbocycles. The smallest absolute Gasteiger partial charge is 0.261 e. The second-order valence-electron chi connectivity index (χ2n) is 5.89. The third kappa shape index (κ3) is 4.71. The largest absolute Gasteiger partial charge is 0.481 e. The molecule has 1 atom stereocenters. The summed E-state index contributed by atoms with van der Waals surface area (Å²) in [6.07, 6.45) is -0.578. The van der Waals surface area contributed by atoms with Crippen LogP contribution >= 0.6 is 27.3 Å². The van der Waals surface area contributed by atoms with Crippen LogP contribution in [0.2, 0.25) is 0 Å². The molecular weight excluding hydrogens is 412 g/mol. The van der Waals surface area contributed by atoms with Crippen LogP contribution in [0.15, 0.2) is 58.4 Å². The highest BCUT2D eigenvalue weighted by Crippen LogP contribution is 2.26. The summed E-state index contributed by atoms with van der Waals surface area (Å²) in [7, 11) is 0. The number of nitrogens with zero attached hydrogens (tertiary/aromatic N) is 1. The van der Waals surface area contributed by atoms with E-state index in [-0.39, 0.29) is 5.91 Å². The molecule has 3 aromatic rings. The summed E-state index contributed by atoms with van der Waals surface area (Å²) >= 11 is 4.96. The van der Waals surface area contributed by atoms with Gasteiger partial charge in [-0.1, -0.05) is 40.2 Å². The Kier molecular flexibility index (Phi) is 6.06. The van der Waals surface area contributed by atoms with Crippen LogP contribution < -0.4 is 10.1 Å². The molecular formula is C20H19BrN2O2S. The quantitative estimate of drug-likeness (QED) is 0.600. The highest BCUT2D eigenvalue weighted by atomic mass is 79.9. The number of carbonyl (C=O) groups is 1. The molecule has 0 saturated heterocycles. The van der Waals surface area contributed by atoms with Crippen molar-refractivity contribution in [2.45, 2.75) is 26.5 Å². The van der Waals surface area contributed by atoms with Crippen molar-refractivity contribution in [1.29, 1.82) is 0 Å². The Balaban J connectivity index is 1.56. The zero-order valence-corrected chi connectivity index (χ0v) is 16.9. The predicted octanol–water partition coefficient (Wildman–Crippen LogP) is 4.96. The number of halogens is 1. The van der Waals surface area contributed by atoms with E-state index in [2.05, 4.69) is 45.3 Å². The third-order valence-electron chi connectivity index (χ3n) is 3.87. The summed E-state index contributed by atoms with van der Waals surface area (Å²) in [4.78, 5) is 16.9. The first-order valence-corrected chi connectivity index (χ1v) is 9.90. The highest BCUT2D eigenvalue weighted by Gasteiger charge is 2.15. The summed E-state index contributed by atoms with van der Waals surface area (Å²) in [6.45, 7) is 4.19. The number of hydrogen-bond acceptors (Lipinski definition) is 4. The minimum absolute atomic E-state index is 0.168. The van der Waals surface area contributed by atoms with Gasteiger partial charge in [0, 0.05) is 15.4 Å². The summed E-state index contributed by atoms with van der Waals surface area (Å²) in [6, 6.07) is 15.5. The van der Waals surface area contributed by atoms with E-state index in [9.17, 15) is 4.79 Å².